The maximum Gasteiger partial charge on any atom is 0.240 e. The van der Waals surface area contributed by atoms with Gasteiger partial charge in [0.2, 0.25) is 15.9 Å². The fraction of sp³-hybridized carbons (Fsp3) is 0.350. The molecule has 0 atom stereocenters. The molecule has 0 saturated heterocycles. The number of hydrogen-bond acceptors (Lipinski definition) is 4. The van der Waals surface area contributed by atoms with Gasteiger partial charge < -0.3 is 10.1 Å². The zero-order valence-corrected chi connectivity index (χ0v) is 16.7. The first-order valence-corrected chi connectivity index (χ1v) is 10.4. The topological polar surface area (TPSA) is 84.5 Å². The first-order valence-electron chi connectivity index (χ1n) is 8.88. The van der Waals surface area contributed by atoms with E-state index in [-0.39, 0.29) is 17.3 Å². The average Bonchev–Trinajstić information content (AvgIpc) is 2.61. The normalized spacial score (nSPS) is 11.4. The van der Waals surface area contributed by atoms with E-state index in [9.17, 15) is 13.2 Å². The second-order valence-electron chi connectivity index (χ2n) is 6.53. The third-order valence-electron chi connectivity index (χ3n) is 3.89. The van der Waals surface area contributed by atoms with Crippen molar-refractivity contribution in [1.82, 2.24) is 4.72 Å². The van der Waals surface area contributed by atoms with Gasteiger partial charge in [-0.05, 0) is 42.2 Å². The fourth-order valence-corrected chi connectivity index (χ4v) is 3.52. The predicted molar refractivity (Wildman–Crippen MR) is 107 cm³/mol. The highest BCUT2D eigenvalue weighted by Crippen LogP contribution is 2.18. The Hall–Kier alpha value is -2.38. The van der Waals surface area contributed by atoms with E-state index in [4.69, 9.17) is 4.74 Å². The van der Waals surface area contributed by atoms with E-state index >= 15 is 0 Å². The van der Waals surface area contributed by atoms with Crippen molar-refractivity contribution >= 4 is 21.6 Å². The lowest BCUT2D eigenvalue weighted by atomic mass is 10.0. The molecule has 0 aliphatic carbocycles. The van der Waals surface area contributed by atoms with Crippen LogP contribution >= 0.6 is 0 Å². The van der Waals surface area contributed by atoms with Crippen LogP contribution in [0.25, 0.3) is 0 Å². The summed E-state index contributed by atoms with van der Waals surface area (Å²) < 4.78 is 32.8. The minimum absolute atomic E-state index is 0.150. The van der Waals surface area contributed by atoms with Gasteiger partial charge in [0.15, 0.2) is 0 Å². The smallest absolute Gasteiger partial charge is 0.240 e. The van der Waals surface area contributed by atoms with Crippen molar-refractivity contribution in [2.24, 2.45) is 0 Å². The zero-order valence-electron chi connectivity index (χ0n) is 15.9. The standard InChI is InChI=1S/C20H26N2O4S/c1-15(2)17-8-10-20(11-9-17)27(24,25)21-12-5-13-26-19-7-4-6-18(14-19)22-16(3)23/h4,6-11,14-15,21H,5,12-13H2,1-3H3,(H,22,23). The first kappa shape index (κ1) is 20.9. The molecule has 0 radical (unpaired) electrons. The minimum atomic E-state index is -3.52. The van der Waals surface area contributed by atoms with Crippen molar-refractivity contribution in [3.8, 4) is 5.75 Å². The van der Waals surface area contributed by atoms with Crippen LogP contribution in [0.3, 0.4) is 0 Å². The van der Waals surface area contributed by atoms with Crippen LogP contribution < -0.4 is 14.8 Å². The lowest BCUT2D eigenvalue weighted by molar-refractivity contribution is -0.114. The largest absolute Gasteiger partial charge is 0.493 e. The van der Waals surface area contributed by atoms with Gasteiger partial charge in [-0.2, -0.15) is 0 Å². The molecule has 7 heteroatoms. The molecule has 2 aromatic carbocycles. The van der Waals surface area contributed by atoms with Crippen LogP contribution in [0.1, 0.15) is 38.7 Å². The van der Waals surface area contributed by atoms with Crippen LogP contribution in [0.5, 0.6) is 5.75 Å². The van der Waals surface area contributed by atoms with E-state index in [1.807, 2.05) is 12.1 Å². The third kappa shape index (κ3) is 6.69. The molecule has 27 heavy (non-hydrogen) atoms. The van der Waals surface area contributed by atoms with Gasteiger partial charge in [-0.15, -0.1) is 0 Å². The molecular weight excluding hydrogens is 364 g/mol. The SMILES string of the molecule is CC(=O)Nc1cccc(OCCCNS(=O)(=O)c2ccc(C(C)C)cc2)c1. The summed E-state index contributed by atoms with van der Waals surface area (Å²) in [5, 5.41) is 2.69. The maximum absolute atomic E-state index is 12.3. The number of rotatable bonds is 9. The molecule has 2 aromatic rings. The van der Waals surface area contributed by atoms with E-state index in [0.717, 1.165) is 5.56 Å². The highest BCUT2D eigenvalue weighted by molar-refractivity contribution is 7.89. The van der Waals surface area contributed by atoms with Crippen molar-refractivity contribution in [3.05, 3.63) is 54.1 Å². The summed E-state index contributed by atoms with van der Waals surface area (Å²) in [5.41, 5.74) is 1.76. The number of carbonyl (C=O) groups is 1. The van der Waals surface area contributed by atoms with Crippen molar-refractivity contribution in [3.63, 3.8) is 0 Å². The summed E-state index contributed by atoms with van der Waals surface area (Å²) in [7, 11) is -3.52. The molecule has 0 unspecified atom stereocenters. The number of anilines is 1. The van der Waals surface area contributed by atoms with E-state index in [0.29, 0.717) is 30.4 Å². The van der Waals surface area contributed by atoms with Crippen molar-refractivity contribution < 1.29 is 17.9 Å². The number of nitrogens with one attached hydrogen (secondary N) is 2. The molecule has 0 aliphatic heterocycles. The van der Waals surface area contributed by atoms with E-state index < -0.39 is 10.0 Å². The summed E-state index contributed by atoms with van der Waals surface area (Å²) in [6.45, 7) is 6.20. The molecular formula is C20H26N2O4S. The Morgan fingerprint density at radius 3 is 2.44 bits per heavy atom. The summed E-state index contributed by atoms with van der Waals surface area (Å²) in [4.78, 5) is 11.3. The molecule has 6 nitrogen and oxygen atoms in total. The molecule has 1 amide bonds. The van der Waals surface area contributed by atoms with Crippen molar-refractivity contribution in [2.75, 3.05) is 18.5 Å². The number of benzene rings is 2. The molecule has 146 valence electrons. The molecule has 0 saturated carbocycles. The summed E-state index contributed by atoms with van der Waals surface area (Å²) in [5.74, 6) is 0.826. The maximum atomic E-state index is 12.3. The Labute approximate surface area is 161 Å². The number of hydrogen-bond donors (Lipinski definition) is 2. The van der Waals surface area contributed by atoms with Crippen molar-refractivity contribution in [1.29, 1.82) is 0 Å². The lowest BCUT2D eigenvalue weighted by Crippen LogP contribution is -2.25. The molecule has 0 spiro atoms. The zero-order chi connectivity index (χ0) is 19.9. The van der Waals surface area contributed by atoms with E-state index in [2.05, 4.69) is 23.9 Å². The number of carbonyl (C=O) groups excluding carboxylic acids is 1. The van der Waals surface area contributed by atoms with Gasteiger partial charge in [-0.25, -0.2) is 13.1 Å². The lowest BCUT2D eigenvalue weighted by Gasteiger charge is -2.10. The number of amides is 1. The molecule has 0 fully saturated rings. The van der Waals surface area contributed by atoms with Gasteiger partial charge in [0, 0.05) is 25.2 Å². The van der Waals surface area contributed by atoms with Gasteiger partial charge in [0.25, 0.3) is 0 Å². The Bertz CT molecular complexity index is 862. The van der Waals surface area contributed by atoms with Crippen LogP contribution in [-0.4, -0.2) is 27.5 Å². The Balaban J connectivity index is 1.79. The second kappa shape index (κ2) is 9.53. The minimum Gasteiger partial charge on any atom is -0.493 e. The average molecular weight is 391 g/mol. The van der Waals surface area contributed by atoms with Crippen LogP contribution in [0.4, 0.5) is 5.69 Å². The number of sulfonamides is 1. The van der Waals surface area contributed by atoms with Crippen molar-refractivity contribution in [2.45, 2.75) is 38.0 Å². The van der Waals surface area contributed by atoms with Crippen LogP contribution in [0, 0.1) is 0 Å². The monoisotopic (exact) mass is 390 g/mol. The van der Waals surface area contributed by atoms with Gasteiger partial charge in [0.1, 0.15) is 5.75 Å². The highest BCUT2D eigenvalue weighted by atomic mass is 32.2. The number of ether oxygens (including phenoxy) is 1. The van der Waals surface area contributed by atoms with Crippen LogP contribution in [0.15, 0.2) is 53.4 Å². The molecule has 2 rings (SSSR count). The van der Waals surface area contributed by atoms with Crippen LogP contribution in [0.2, 0.25) is 0 Å². The van der Waals surface area contributed by atoms with E-state index in [1.54, 1.807) is 36.4 Å². The molecule has 0 aliphatic rings. The van der Waals surface area contributed by atoms with Gasteiger partial charge >= 0.3 is 0 Å². The first-order chi connectivity index (χ1) is 12.8. The fourth-order valence-electron chi connectivity index (χ4n) is 2.45. The molecule has 0 aromatic heterocycles. The Morgan fingerprint density at radius 2 is 1.81 bits per heavy atom. The van der Waals surface area contributed by atoms with E-state index in [1.165, 1.54) is 6.92 Å². The quantitative estimate of drug-likeness (QED) is 0.642. The van der Waals surface area contributed by atoms with Gasteiger partial charge in [0.05, 0.1) is 11.5 Å². The summed E-state index contributed by atoms with van der Waals surface area (Å²) in [6.07, 6.45) is 0.522. The molecule has 0 heterocycles. The highest BCUT2D eigenvalue weighted by Gasteiger charge is 2.13. The van der Waals surface area contributed by atoms with Gasteiger partial charge in [-0.1, -0.05) is 32.0 Å². The Morgan fingerprint density at radius 1 is 1.11 bits per heavy atom. The predicted octanol–water partition coefficient (Wildman–Crippen LogP) is 3.52. The summed E-state index contributed by atoms with van der Waals surface area (Å²) in [6, 6.07) is 14.0. The molecule has 2 N–H and O–H groups in total. The van der Waals surface area contributed by atoms with Gasteiger partial charge in [-0.3, -0.25) is 4.79 Å². The van der Waals surface area contributed by atoms with Crippen LogP contribution in [-0.2, 0) is 14.8 Å². The Kier molecular flexibility index (Phi) is 7.38. The third-order valence-corrected chi connectivity index (χ3v) is 5.37. The second-order valence-corrected chi connectivity index (χ2v) is 8.30. The molecule has 0 bridgehead atoms. The summed E-state index contributed by atoms with van der Waals surface area (Å²) >= 11 is 0.